The summed E-state index contributed by atoms with van der Waals surface area (Å²) in [6, 6.07) is 0. The van der Waals surface area contributed by atoms with Crippen molar-refractivity contribution in [2.45, 2.75) is 39.7 Å². The lowest BCUT2D eigenvalue weighted by atomic mass is 9.87. The Hall–Kier alpha value is -0.510. The number of carbonyl (C=O) groups is 1. The molecular weight excluding hydrogens is 282 g/mol. The molecule has 2 atom stereocenters. The minimum absolute atomic E-state index is 0.189. The first-order chi connectivity index (χ1) is 7.83. The van der Waals surface area contributed by atoms with E-state index in [1.165, 1.54) is 0 Å². The monoisotopic (exact) mass is 303 g/mol. The summed E-state index contributed by atoms with van der Waals surface area (Å²) < 4.78 is 5.38. The molecule has 0 aromatic carbocycles. The van der Waals surface area contributed by atoms with Crippen LogP contribution in [0.5, 0.6) is 0 Å². The predicted molar refractivity (Wildman–Crippen MR) is 73.1 cm³/mol. The van der Waals surface area contributed by atoms with E-state index in [2.05, 4.69) is 28.9 Å². The lowest BCUT2D eigenvalue weighted by Gasteiger charge is -2.36. The van der Waals surface area contributed by atoms with Gasteiger partial charge in [0.1, 0.15) is 5.60 Å². The third-order valence-corrected chi connectivity index (χ3v) is 3.25. The van der Waals surface area contributed by atoms with E-state index >= 15 is 0 Å². The zero-order valence-electron chi connectivity index (χ0n) is 11.1. The highest BCUT2D eigenvalue weighted by Gasteiger charge is 2.29. The number of halogens is 1. The van der Waals surface area contributed by atoms with Gasteiger partial charge in [-0.25, -0.2) is 4.79 Å². The van der Waals surface area contributed by atoms with Gasteiger partial charge in [0, 0.05) is 13.1 Å². The fourth-order valence-electron chi connectivity index (χ4n) is 2.04. The quantitative estimate of drug-likeness (QED) is 0.737. The highest BCUT2D eigenvalue weighted by molar-refractivity contribution is 9.11. The summed E-state index contributed by atoms with van der Waals surface area (Å²) in [7, 11) is 0. The van der Waals surface area contributed by atoms with Gasteiger partial charge < -0.3 is 9.64 Å². The van der Waals surface area contributed by atoms with Crippen molar-refractivity contribution in [2.24, 2.45) is 11.8 Å². The van der Waals surface area contributed by atoms with Gasteiger partial charge in [0.2, 0.25) is 0 Å². The van der Waals surface area contributed by atoms with Crippen LogP contribution in [0.4, 0.5) is 4.79 Å². The van der Waals surface area contributed by atoms with E-state index in [1.807, 2.05) is 30.7 Å². The molecule has 0 aromatic rings. The largest absolute Gasteiger partial charge is 0.444 e. The van der Waals surface area contributed by atoms with Crippen molar-refractivity contribution in [1.82, 2.24) is 4.90 Å². The van der Waals surface area contributed by atoms with Crippen LogP contribution in [0.3, 0.4) is 0 Å². The molecule has 0 aromatic heterocycles. The second kappa shape index (κ2) is 5.89. The van der Waals surface area contributed by atoms with Gasteiger partial charge in [0.15, 0.2) is 0 Å². The van der Waals surface area contributed by atoms with Crippen LogP contribution < -0.4 is 0 Å². The molecule has 0 saturated carbocycles. The molecule has 3 nitrogen and oxygen atoms in total. The fourth-order valence-corrected chi connectivity index (χ4v) is 2.43. The number of hydrogen-bond acceptors (Lipinski definition) is 2. The smallest absolute Gasteiger partial charge is 0.410 e. The van der Waals surface area contributed by atoms with Gasteiger partial charge in [-0.15, -0.1) is 0 Å². The van der Waals surface area contributed by atoms with Crippen LogP contribution in [0.15, 0.2) is 11.1 Å². The van der Waals surface area contributed by atoms with Crippen molar-refractivity contribution in [1.29, 1.82) is 0 Å². The van der Waals surface area contributed by atoms with E-state index in [0.717, 1.165) is 19.5 Å². The number of amides is 1. The van der Waals surface area contributed by atoms with Crippen molar-refractivity contribution in [3.63, 3.8) is 0 Å². The van der Waals surface area contributed by atoms with Crippen LogP contribution in [-0.2, 0) is 4.74 Å². The summed E-state index contributed by atoms with van der Waals surface area (Å²) in [6.07, 6.45) is 2.98. The van der Waals surface area contributed by atoms with Gasteiger partial charge >= 0.3 is 6.09 Å². The molecule has 1 saturated heterocycles. The van der Waals surface area contributed by atoms with Crippen molar-refractivity contribution >= 4 is 22.0 Å². The molecule has 0 bridgehead atoms. The summed E-state index contributed by atoms with van der Waals surface area (Å²) in [5.74, 6) is 1.03. The second-order valence-electron chi connectivity index (χ2n) is 5.67. The number of carbonyl (C=O) groups excluding carboxylic acids is 1. The number of rotatable bonds is 1. The van der Waals surface area contributed by atoms with Gasteiger partial charge in [-0.3, -0.25) is 0 Å². The molecule has 1 rings (SSSR count). The predicted octanol–water partition coefficient (Wildman–Crippen LogP) is 3.79. The number of piperidine rings is 1. The molecule has 1 fully saturated rings. The standard InChI is InChI=1S/C13H22BrNO2/c1-10-9-15(8-6-11(10)5-7-14)12(16)17-13(2,3)4/h5,7,10-11H,6,8-9H2,1-4H3/b7-5+. The third-order valence-electron chi connectivity index (χ3n) is 2.94. The Morgan fingerprint density at radius 2 is 2.12 bits per heavy atom. The molecule has 17 heavy (non-hydrogen) atoms. The molecule has 1 aliphatic heterocycles. The fraction of sp³-hybridized carbons (Fsp3) is 0.769. The van der Waals surface area contributed by atoms with Gasteiger partial charge in [0.25, 0.3) is 0 Å². The first kappa shape index (κ1) is 14.6. The summed E-state index contributed by atoms with van der Waals surface area (Å²) in [4.78, 5) is 15.6. The van der Waals surface area contributed by atoms with Crippen LogP contribution in [0.1, 0.15) is 34.1 Å². The van der Waals surface area contributed by atoms with Gasteiger partial charge in [-0.05, 0) is 44.0 Å². The summed E-state index contributed by atoms with van der Waals surface area (Å²) >= 11 is 3.31. The van der Waals surface area contributed by atoms with Crippen LogP contribution in [0.25, 0.3) is 0 Å². The zero-order valence-corrected chi connectivity index (χ0v) is 12.7. The van der Waals surface area contributed by atoms with E-state index in [9.17, 15) is 4.79 Å². The minimum Gasteiger partial charge on any atom is -0.444 e. The highest BCUT2D eigenvalue weighted by atomic mass is 79.9. The van der Waals surface area contributed by atoms with E-state index in [0.29, 0.717) is 11.8 Å². The Morgan fingerprint density at radius 3 is 2.59 bits per heavy atom. The van der Waals surface area contributed by atoms with Crippen molar-refractivity contribution in [3.8, 4) is 0 Å². The lowest BCUT2D eigenvalue weighted by molar-refractivity contribution is 0.0142. The topological polar surface area (TPSA) is 29.5 Å². The average molecular weight is 304 g/mol. The maximum Gasteiger partial charge on any atom is 0.410 e. The molecule has 0 aliphatic carbocycles. The Balaban J connectivity index is 2.52. The summed E-state index contributed by atoms with van der Waals surface area (Å²) in [5, 5.41) is 0. The highest BCUT2D eigenvalue weighted by Crippen LogP contribution is 2.26. The molecule has 1 aliphatic rings. The summed E-state index contributed by atoms with van der Waals surface area (Å²) in [5.41, 5.74) is -0.410. The molecule has 98 valence electrons. The van der Waals surface area contributed by atoms with E-state index in [-0.39, 0.29) is 6.09 Å². The molecule has 1 amide bonds. The Labute approximate surface area is 112 Å². The summed E-state index contributed by atoms with van der Waals surface area (Å²) in [6.45, 7) is 9.42. The number of hydrogen-bond donors (Lipinski definition) is 0. The zero-order chi connectivity index (χ0) is 13.1. The normalized spacial score (nSPS) is 26.3. The molecule has 2 unspecified atom stereocenters. The van der Waals surface area contributed by atoms with Crippen molar-refractivity contribution < 1.29 is 9.53 Å². The number of allylic oxidation sites excluding steroid dienone is 1. The Bertz CT molecular complexity index is 296. The lowest BCUT2D eigenvalue weighted by Crippen LogP contribution is -2.44. The average Bonchev–Trinajstić information content (AvgIpc) is 2.18. The van der Waals surface area contributed by atoms with Gasteiger partial charge in [0.05, 0.1) is 0 Å². The molecule has 4 heteroatoms. The van der Waals surface area contributed by atoms with E-state index in [4.69, 9.17) is 4.74 Å². The van der Waals surface area contributed by atoms with Crippen molar-refractivity contribution in [2.75, 3.05) is 13.1 Å². The first-order valence-electron chi connectivity index (χ1n) is 6.08. The van der Waals surface area contributed by atoms with Gasteiger partial charge in [-0.1, -0.05) is 28.9 Å². The third kappa shape index (κ3) is 4.70. The van der Waals surface area contributed by atoms with Crippen molar-refractivity contribution in [3.05, 3.63) is 11.1 Å². The molecule has 0 N–H and O–H groups in total. The number of likely N-dealkylation sites (tertiary alicyclic amines) is 1. The van der Waals surface area contributed by atoms with E-state index in [1.54, 1.807) is 0 Å². The number of nitrogens with zero attached hydrogens (tertiary/aromatic N) is 1. The Kier molecular flexibility index (Phi) is 5.04. The molecular formula is C13H22BrNO2. The van der Waals surface area contributed by atoms with Crippen LogP contribution in [0, 0.1) is 11.8 Å². The van der Waals surface area contributed by atoms with E-state index < -0.39 is 5.60 Å². The molecule has 0 radical (unpaired) electrons. The Morgan fingerprint density at radius 1 is 1.47 bits per heavy atom. The maximum absolute atomic E-state index is 11.9. The van der Waals surface area contributed by atoms with Crippen LogP contribution in [0.2, 0.25) is 0 Å². The maximum atomic E-state index is 11.9. The number of ether oxygens (including phenoxy) is 1. The van der Waals surface area contributed by atoms with Crippen LogP contribution >= 0.6 is 15.9 Å². The minimum atomic E-state index is -0.410. The second-order valence-corrected chi connectivity index (χ2v) is 6.20. The first-order valence-corrected chi connectivity index (χ1v) is 7.00. The molecule has 0 spiro atoms. The SMILES string of the molecule is CC1CN(C(=O)OC(C)(C)C)CCC1/C=C/Br. The van der Waals surface area contributed by atoms with Crippen LogP contribution in [-0.4, -0.2) is 29.7 Å². The van der Waals surface area contributed by atoms with Gasteiger partial charge in [-0.2, -0.15) is 0 Å². The molecule has 1 heterocycles.